The fourth-order valence-electron chi connectivity index (χ4n) is 4.71. The van der Waals surface area contributed by atoms with Crippen molar-refractivity contribution in [3.8, 4) is 5.75 Å². The Morgan fingerprint density at radius 3 is 2.29 bits per heavy atom. The number of hydroxylamine groups is 1. The summed E-state index contributed by atoms with van der Waals surface area (Å²) in [5, 5.41) is 13.6. The number of sulfonamides is 2. The summed E-state index contributed by atoms with van der Waals surface area (Å²) in [7, 11) is -7.73. The van der Waals surface area contributed by atoms with Gasteiger partial charge in [-0.1, -0.05) is 24.3 Å². The lowest BCUT2D eigenvalue weighted by Crippen LogP contribution is -2.58. The number of amides is 1. The van der Waals surface area contributed by atoms with Crippen LogP contribution in [0.4, 0.5) is 0 Å². The van der Waals surface area contributed by atoms with Crippen molar-refractivity contribution in [1.29, 1.82) is 0 Å². The Bertz CT molecular complexity index is 1740. The summed E-state index contributed by atoms with van der Waals surface area (Å²) in [5.41, 5.74) is 3.36. The van der Waals surface area contributed by atoms with E-state index in [9.17, 15) is 26.8 Å². The average molecular weight is 615 g/mol. The molecule has 15 heteroatoms. The van der Waals surface area contributed by atoms with E-state index in [2.05, 4.69) is 9.82 Å². The van der Waals surface area contributed by atoms with Gasteiger partial charge in [-0.15, -0.1) is 0 Å². The number of ether oxygens (including phenoxy) is 1. The normalized spacial score (nSPS) is 15.8. The summed E-state index contributed by atoms with van der Waals surface area (Å²) in [6.07, 6.45) is 3.54. The largest absolute Gasteiger partial charge is 0.489 e. The minimum Gasteiger partial charge on any atom is -0.489 e. The predicted octanol–water partition coefficient (Wildman–Crippen LogP) is 1.07. The Balaban J connectivity index is 1.19. The highest BCUT2D eigenvalue weighted by molar-refractivity contribution is 7.89. The van der Waals surface area contributed by atoms with E-state index in [0.717, 1.165) is 11.1 Å². The first-order valence-corrected chi connectivity index (χ1v) is 16.0. The van der Waals surface area contributed by atoms with Gasteiger partial charge in [0.1, 0.15) is 18.4 Å². The molecule has 1 aliphatic heterocycles. The lowest BCUT2D eigenvalue weighted by molar-refractivity contribution is -0.135. The number of hydrogen-bond donors (Lipinski definition) is 3. The van der Waals surface area contributed by atoms with Gasteiger partial charge < -0.3 is 4.74 Å². The molecule has 1 fully saturated rings. The third-order valence-electron chi connectivity index (χ3n) is 7.01. The maximum Gasteiger partial charge on any atom is 0.262 e. The first-order valence-electron chi connectivity index (χ1n) is 13.1. The Labute approximate surface area is 243 Å². The Morgan fingerprint density at radius 2 is 1.60 bits per heavy atom. The highest BCUT2D eigenvalue weighted by atomic mass is 32.2. The zero-order valence-electron chi connectivity index (χ0n) is 22.4. The van der Waals surface area contributed by atoms with Crippen LogP contribution in [0.25, 0.3) is 5.52 Å². The fraction of sp³-hybridized carbons (Fsp3) is 0.259. The van der Waals surface area contributed by atoms with Crippen molar-refractivity contribution < 1.29 is 31.6 Å². The van der Waals surface area contributed by atoms with Crippen molar-refractivity contribution in [3.05, 3.63) is 90.8 Å². The summed E-state index contributed by atoms with van der Waals surface area (Å²) in [5.74, 6) is -0.349. The molecule has 1 aliphatic rings. The van der Waals surface area contributed by atoms with E-state index >= 15 is 0 Å². The number of carbonyl (C=O) groups is 1. The number of rotatable bonds is 11. The predicted molar refractivity (Wildman–Crippen MR) is 152 cm³/mol. The topological polar surface area (TPSA) is 163 Å². The van der Waals surface area contributed by atoms with Gasteiger partial charge in [0, 0.05) is 44.5 Å². The molecule has 1 saturated heterocycles. The summed E-state index contributed by atoms with van der Waals surface area (Å²) in [6.45, 7) is 0.407. The number of aromatic nitrogens is 2. The molecule has 2 aromatic carbocycles. The second-order valence-electron chi connectivity index (χ2n) is 9.56. The van der Waals surface area contributed by atoms with Gasteiger partial charge in [-0.25, -0.2) is 31.6 Å². The number of nitrogens with zero attached hydrogens (tertiary/aromatic N) is 4. The monoisotopic (exact) mass is 614 g/mol. The smallest absolute Gasteiger partial charge is 0.262 e. The molecule has 0 saturated carbocycles. The zero-order valence-corrected chi connectivity index (χ0v) is 24.0. The quantitative estimate of drug-likeness (QED) is 0.166. The molecule has 4 aromatic rings. The first-order chi connectivity index (χ1) is 20.2. The van der Waals surface area contributed by atoms with Gasteiger partial charge in [-0.05, 0) is 48.5 Å². The number of hydrogen-bond acceptors (Lipinski definition) is 9. The molecule has 222 valence electrons. The molecule has 0 radical (unpaired) electrons. The van der Waals surface area contributed by atoms with Crippen molar-refractivity contribution in [2.75, 3.05) is 32.7 Å². The molecule has 0 unspecified atom stereocenters. The molecule has 0 spiro atoms. The van der Waals surface area contributed by atoms with Crippen LogP contribution in [0.5, 0.6) is 5.75 Å². The van der Waals surface area contributed by atoms with Crippen molar-refractivity contribution in [2.45, 2.75) is 22.4 Å². The van der Waals surface area contributed by atoms with Gasteiger partial charge in [-0.3, -0.25) is 14.9 Å². The minimum atomic E-state index is -4.02. The summed E-state index contributed by atoms with van der Waals surface area (Å²) in [4.78, 5) is 14.2. The van der Waals surface area contributed by atoms with Crippen LogP contribution < -0.4 is 14.9 Å². The third-order valence-corrected chi connectivity index (χ3v) is 10.4. The van der Waals surface area contributed by atoms with E-state index in [1.165, 1.54) is 40.7 Å². The van der Waals surface area contributed by atoms with Crippen LogP contribution in [0.3, 0.4) is 0 Å². The maximum atomic E-state index is 13.0. The Hall–Kier alpha value is -3.86. The maximum absolute atomic E-state index is 13.0. The van der Waals surface area contributed by atoms with Crippen LogP contribution in [0.15, 0.2) is 95.0 Å². The zero-order chi connectivity index (χ0) is 29.7. The number of piperazine rings is 1. The third kappa shape index (κ3) is 6.46. The fourth-order valence-corrected chi connectivity index (χ4v) is 7.19. The molecular weight excluding hydrogens is 584 g/mol. The highest BCUT2D eigenvalue weighted by Crippen LogP contribution is 2.20. The number of pyridine rings is 1. The van der Waals surface area contributed by atoms with Crippen molar-refractivity contribution in [2.24, 2.45) is 0 Å². The van der Waals surface area contributed by atoms with E-state index in [1.54, 1.807) is 39.3 Å². The lowest BCUT2D eigenvalue weighted by Gasteiger charge is -2.37. The summed E-state index contributed by atoms with van der Waals surface area (Å²) >= 11 is 0. The van der Waals surface area contributed by atoms with Crippen LogP contribution in [-0.4, -0.2) is 85.5 Å². The van der Waals surface area contributed by atoms with Gasteiger partial charge in [0.2, 0.25) is 20.0 Å². The molecule has 1 amide bonds. The van der Waals surface area contributed by atoms with Crippen molar-refractivity contribution in [1.82, 2.24) is 29.0 Å². The molecule has 5 rings (SSSR count). The second kappa shape index (κ2) is 12.6. The lowest BCUT2D eigenvalue weighted by atomic mass is 10.2. The number of benzene rings is 2. The highest BCUT2D eigenvalue weighted by Gasteiger charge is 2.34. The van der Waals surface area contributed by atoms with Gasteiger partial charge in [0.25, 0.3) is 5.91 Å². The first kappa shape index (κ1) is 29.6. The average Bonchev–Trinajstić information content (AvgIpc) is 3.44. The van der Waals surface area contributed by atoms with Crippen LogP contribution >= 0.6 is 0 Å². The standard InChI is InChI=1S/C27H30N6O7S2/c34-27(30-35)26(31-14-16-32(17-15-31)42(38,39)24-6-2-1-3-7-24)19-29-41(36,37)23-11-9-22(10-12-23)40-20-21-18-28-33-13-5-4-8-25(21)33/h1-13,18,26,29,35H,14-17,19-20H2,(H,30,34)/t26-/m0/s1. The Morgan fingerprint density at radius 1 is 0.905 bits per heavy atom. The van der Waals surface area contributed by atoms with E-state index in [1.807, 2.05) is 24.4 Å². The SMILES string of the molecule is O=C(NO)[C@H](CNS(=O)(=O)c1ccc(OCc2cnn3ccccc23)cc1)N1CCN(S(=O)(=O)c2ccccc2)CC1. The van der Waals surface area contributed by atoms with E-state index in [-0.39, 0.29) is 49.1 Å². The van der Waals surface area contributed by atoms with Crippen LogP contribution in [0.1, 0.15) is 5.56 Å². The summed E-state index contributed by atoms with van der Waals surface area (Å²) < 4.78 is 63.2. The van der Waals surface area contributed by atoms with Gasteiger partial charge in [-0.2, -0.15) is 9.40 Å². The van der Waals surface area contributed by atoms with Crippen molar-refractivity contribution in [3.63, 3.8) is 0 Å². The molecule has 42 heavy (non-hydrogen) atoms. The van der Waals surface area contributed by atoms with E-state index in [4.69, 9.17) is 4.74 Å². The van der Waals surface area contributed by atoms with Crippen LogP contribution in [-0.2, 0) is 31.4 Å². The molecule has 2 aromatic heterocycles. The number of carbonyl (C=O) groups excluding carboxylic acids is 1. The van der Waals surface area contributed by atoms with Gasteiger partial charge in [0.15, 0.2) is 0 Å². The molecule has 3 heterocycles. The van der Waals surface area contributed by atoms with Crippen LogP contribution in [0, 0.1) is 0 Å². The van der Waals surface area contributed by atoms with E-state index < -0.39 is 32.0 Å². The number of nitrogens with one attached hydrogen (secondary N) is 2. The molecule has 13 nitrogen and oxygen atoms in total. The molecule has 0 bridgehead atoms. The minimum absolute atomic E-state index is 0.0345. The van der Waals surface area contributed by atoms with Gasteiger partial charge >= 0.3 is 0 Å². The molecule has 3 N–H and O–H groups in total. The van der Waals surface area contributed by atoms with Crippen molar-refractivity contribution >= 4 is 31.5 Å². The van der Waals surface area contributed by atoms with E-state index in [0.29, 0.717) is 5.75 Å². The Kier molecular flexibility index (Phi) is 8.86. The van der Waals surface area contributed by atoms with Crippen LogP contribution in [0.2, 0.25) is 0 Å². The number of fused-ring (bicyclic) bond motifs is 1. The van der Waals surface area contributed by atoms with Gasteiger partial charge in [0.05, 0.1) is 21.5 Å². The second-order valence-corrected chi connectivity index (χ2v) is 13.3. The summed E-state index contributed by atoms with van der Waals surface area (Å²) in [6, 6.07) is 18.5. The molecule has 0 aliphatic carbocycles. The molecular formula is C27H30N6O7S2. The molecule has 1 atom stereocenters.